The Balaban J connectivity index is 1.55. The number of aryl methyl sites for hydroxylation is 1. The van der Waals surface area contributed by atoms with Gasteiger partial charge < -0.3 is 10.2 Å². The van der Waals surface area contributed by atoms with Crippen molar-refractivity contribution in [2.45, 2.75) is 26.6 Å². The Morgan fingerprint density at radius 3 is 2.55 bits per heavy atom. The van der Waals surface area contributed by atoms with Crippen LogP contribution in [0.15, 0.2) is 30.5 Å². The molecule has 1 saturated heterocycles. The molecule has 0 radical (unpaired) electrons. The third kappa shape index (κ3) is 5.14. The van der Waals surface area contributed by atoms with Gasteiger partial charge in [0, 0.05) is 49.7 Å². The van der Waals surface area contributed by atoms with E-state index < -0.39 is 12.7 Å². The number of alkyl halides is 3. The number of rotatable bonds is 5. The first-order valence-corrected chi connectivity index (χ1v) is 10.6. The summed E-state index contributed by atoms with van der Waals surface area (Å²) in [4.78, 5) is 7.95. The van der Waals surface area contributed by atoms with Gasteiger partial charge in [-0.2, -0.15) is 23.5 Å². The summed E-state index contributed by atoms with van der Waals surface area (Å²) in [6.45, 7) is 4.94. The highest BCUT2D eigenvalue weighted by atomic mass is 19.4. The van der Waals surface area contributed by atoms with Crippen LogP contribution < -0.4 is 10.2 Å². The normalized spacial score (nSPS) is 15.0. The number of nitrogens with one attached hydrogen (secondary N) is 1. The number of piperazine rings is 1. The van der Waals surface area contributed by atoms with Crippen molar-refractivity contribution >= 4 is 22.4 Å². The molecule has 0 amide bonds. The van der Waals surface area contributed by atoms with E-state index in [1.807, 2.05) is 36.9 Å². The molecule has 0 unspecified atom stereocenters. The lowest BCUT2D eigenvalue weighted by molar-refractivity contribution is -0.146. The average Bonchev–Trinajstić information content (AvgIpc) is 2.79. The van der Waals surface area contributed by atoms with Crippen LogP contribution in [0.5, 0.6) is 0 Å². The van der Waals surface area contributed by atoms with Gasteiger partial charge in [0.2, 0.25) is 0 Å². The molecule has 1 N–H and O–H groups in total. The maximum absolute atomic E-state index is 12.7. The molecule has 33 heavy (non-hydrogen) atoms. The first-order valence-electron chi connectivity index (χ1n) is 10.6. The van der Waals surface area contributed by atoms with Crippen molar-refractivity contribution in [2.24, 2.45) is 0 Å². The number of nitrogens with zero attached hydrogens (tertiary/aromatic N) is 6. The molecule has 2 aromatic heterocycles. The summed E-state index contributed by atoms with van der Waals surface area (Å²) in [5.41, 5.74) is 3.27. The van der Waals surface area contributed by atoms with E-state index in [0.717, 1.165) is 27.6 Å². The molecule has 3 heterocycles. The predicted molar refractivity (Wildman–Crippen MR) is 120 cm³/mol. The summed E-state index contributed by atoms with van der Waals surface area (Å²) in [5.74, 6) is 1.30. The largest absolute Gasteiger partial charge is 0.401 e. The van der Waals surface area contributed by atoms with Crippen molar-refractivity contribution in [1.29, 1.82) is 5.26 Å². The zero-order valence-electron chi connectivity index (χ0n) is 18.4. The molecule has 0 aliphatic carbocycles. The van der Waals surface area contributed by atoms with E-state index in [9.17, 15) is 18.4 Å². The van der Waals surface area contributed by atoms with Crippen LogP contribution in [0.25, 0.3) is 10.8 Å². The van der Waals surface area contributed by atoms with Crippen LogP contribution in [-0.2, 0) is 6.54 Å². The lowest BCUT2D eigenvalue weighted by atomic mass is 10.0. The summed E-state index contributed by atoms with van der Waals surface area (Å²) in [5, 5.41) is 22.8. The number of pyridine rings is 1. The third-order valence-corrected chi connectivity index (χ3v) is 5.95. The van der Waals surface area contributed by atoms with Gasteiger partial charge in [-0.1, -0.05) is 12.1 Å². The smallest absolute Gasteiger partial charge is 0.364 e. The van der Waals surface area contributed by atoms with E-state index in [1.165, 1.54) is 4.90 Å². The minimum atomic E-state index is -4.19. The fourth-order valence-corrected chi connectivity index (χ4v) is 4.03. The fourth-order valence-electron chi connectivity index (χ4n) is 4.03. The third-order valence-electron chi connectivity index (χ3n) is 5.95. The molecular formula is C23H24F3N7. The quantitative estimate of drug-likeness (QED) is 0.627. The minimum Gasteiger partial charge on any atom is -0.364 e. The van der Waals surface area contributed by atoms with Crippen molar-refractivity contribution in [3.05, 3.63) is 52.8 Å². The van der Waals surface area contributed by atoms with Gasteiger partial charge in [0.05, 0.1) is 23.9 Å². The summed E-state index contributed by atoms with van der Waals surface area (Å²) in [6.07, 6.45) is -2.45. The molecule has 172 valence electrons. The molecule has 1 aliphatic rings. The van der Waals surface area contributed by atoms with E-state index in [-0.39, 0.29) is 0 Å². The van der Waals surface area contributed by atoms with Gasteiger partial charge in [0.25, 0.3) is 0 Å². The van der Waals surface area contributed by atoms with E-state index in [4.69, 9.17) is 0 Å². The first-order chi connectivity index (χ1) is 15.7. The highest BCUT2D eigenvalue weighted by Gasteiger charge is 2.32. The summed E-state index contributed by atoms with van der Waals surface area (Å²) < 4.78 is 38.0. The highest BCUT2D eigenvalue weighted by Crippen LogP contribution is 2.28. The Morgan fingerprint density at radius 2 is 1.85 bits per heavy atom. The van der Waals surface area contributed by atoms with Crippen LogP contribution in [0.2, 0.25) is 0 Å². The van der Waals surface area contributed by atoms with Gasteiger partial charge in [-0.25, -0.2) is 4.98 Å². The number of hydrogen-bond acceptors (Lipinski definition) is 7. The topological polar surface area (TPSA) is 81.0 Å². The van der Waals surface area contributed by atoms with Gasteiger partial charge in [-0.3, -0.25) is 4.90 Å². The van der Waals surface area contributed by atoms with E-state index in [1.54, 1.807) is 12.3 Å². The molecule has 0 spiro atoms. The fraction of sp³-hybridized carbons (Fsp3) is 0.391. The second-order valence-corrected chi connectivity index (χ2v) is 8.16. The lowest BCUT2D eigenvalue weighted by Crippen LogP contribution is -2.49. The van der Waals surface area contributed by atoms with Crippen molar-refractivity contribution in [1.82, 2.24) is 20.1 Å². The molecule has 3 aromatic rings. The SMILES string of the molecule is Cc1c(C#N)cccc1CNc1nnc(C)c2cnc(N3CCN(CC(F)(F)F)CC3)cc12. The van der Waals surface area contributed by atoms with Crippen molar-refractivity contribution < 1.29 is 13.2 Å². The molecule has 10 heteroatoms. The number of hydrogen-bond donors (Lipinski definition) is 1. The van der Waals surface area contributed by atoms with Crippen LogP contribution in [-0.4, -0.2) is 59.0 Å². The van der Waals surface area contributed by atoms with E-state index in [2.05, 4.69) is 26.6 Å². The van der Waals surface area contributed by atoms with Gasteiger partial charge in [0.1, 0.15) is 5.82 Å². The van der Waals surface area contributed by atoms with Gasteiger partial charge in [-0.15, -0.1) is 5.10 Å². The predicted octanol–water partition coefficient (Wildman–Crippen LogP) is 3.81. The average molecular weight is 455 g/mol. The van der Waals surface area contributed by atoms with Gasteiger partial charge in [-0.05, 0) is 37.1 Å². The molecule has 0 saturated carbocycles. The van der Waals surface area contributed by atoms with Crippen LogP contribution in [0.3, 0.4) is 0 Å². The van der Waals surface area contributed by atoms with Gasteiger partial charge >= 0.3 is 6.18 Å². The lowest BCUT2D eigenvalue weighted by Gasteiger charge is -2.35. The van der Waals surface area contributed by atoms with Gasteiger partial charge in [0.15, 0.2) is 5.82 Å². The molecular weight excluding hydrogens is 431 g/mol. The molecule has 1 fully saturated rings. The number of anilines is 2. The number of nitriles is 1. The van der Waals surface area contributed by atoms with Crippen molar-refractivity contribution in [3.63, 3.8) is 0 Å². The Kier molecular flexibility index (Phi) is 6.33. The zero-order valence-corrected chi connectivity index (χ0v) is 18.4. The number of aromatic nitrogens is 3. The van der Waals surface area contributed by atoms with Crippen LogP contribution in [0.4, 0.5) is 24.8 Å². The molecule has 1 aromatic carbocycles. The van der Waals surface area contributed by atoms with Crippen molar-refractivity contribution in [2.75, 3.05) is 42.9 Å². The van der Waals surface area contributed by atoms with E-state index >= 15 is 0 Å². The van der Waals surface area contributed by atoms with Crippen molar-refractivity contribution in [3.8, 4) is 6.07 Å². The highest BCUT2D eigenvalue weighted by molar-refractivity contribution is 5.94. The Labute approximate surface area is 189 Å². The number of halogens is 3. The molecule has 7 nitrogen and oxygen atoms in total. The summed E-state index contributed by atoms with van der Waals surface area (Å²) in [7, 11) is 0. The second-order valence-electron chi connectivity index (χ2n) is 8.16. The number of benzene rings is 1. The maximum Gasteiger partial charge on any atom is 0.401 e. The minimum absolute atomic E-state index is 0.326. The first kappa shape index (κ1) is 22.7. The molecule has 0 bridgehead atoms. The Morgan fingerprint density at radius 1 is 1.09 bits per heavy atom. The zero-order chi connectivity index (χ0) is 23.6. The monoisotopic (exact) mass is 455 g/mol. The van der Waals surface area contributed by atoms with Crippen LogP contribution in [0, 0.1) is 25.2 Å². The standard InChI is InChI=1S/C23H24F3N7/c1-15-17(11-27)4-3-5-18(15)12-29-22-19-10-21(28-13-20(19)16(2)30-31-22)33-8-6-32(7-9-33)14-23(24,25)26/h3-5,10,13H,6-9,12,14H2,1-2H3,(H,29,31). The molecule has 1 aliphatic heterocycles. The summed E-state index contributed by atoms with van der Waals surface area (Å²) >= 11 is 0. The van der Waals surface area contributed by atoms with Crippen LogP contribution >= 0.6 is 0 Å². The maximum atomic E-state index is 12.7. The molecule has 4 rings (SSSR count). The van der Waals surface area contributed by atoms with E-state index in [0.29, 0.717) is 49.9 Å². The Bertz CT molecular complexity index is 1200. The molecule has 0 atom stereocenters. The second kappa shape index (κ2) is 9.19. The number of fused-ring (bicyclic) bond motifs is 1. The summed E-state index contributed by atoms with van der Waals surface area (Å²) in [6, 6.07) is 9.70. The Hall–Kier alpha value is -3.45. The van der Waals surface area contributed by atoms with Crippen LogP contribution in [0.1, 0.15) is 22.4 Å².